The molecule has 0 bridgehead atoms. The molecular weight excluding hydrogens is 240 g/mol. The van der Waals surface area contributed by atoms with Gasteiger partial charge in [0.25, 0.3) is 5.91 Å². The molecule has 1 unspecified atom stereocenters. The molecule has 0 saturated carbocycles. The number of nitrogens with two attached hydrogens (primary N) is 1. The predicted molar refractivity (Wildman–Crippen MR) is 74.0 cm³/mol. The average Bonchev–Trinajstić information content (AvgIpc) is 2.47. The predicted octanol–water partition coefficient (Wildman–Crippen LogP) is 2.01. The van der Waals surface area contributed by atoms with Gasteiger partial charge in [0.2, 0.25) is 0 Å². The van der Waals surface area contributed by atoms with Crippen LogP contribution >= 0.6 is 0 Å². The number of carbonyl (C=O) groups excluding carboxylic acids is 1. The third-order valence-electron chi connectivity index (χ3n) is 3.15. The van der Waals surface area contributed by atoms with Crippen LogP contribution in [0.5, 0.6) is 5.75 Å². The fourth-order valence-electron chi connectivity index (χ4n) is 2.14. The first-order valence-corrected chi connectivity index (χ1v) is 6.13. The summed E-state index contributed by atoms with van der Waals surface area (Å²) < 4.78 is 5.55. The number of carbonyl (C=O) groups is 1. The maximum atomic E-state index is 11.1. The van der Waals surface area contributed by atoms with E-state index in [9.17, 15) is 4.79 Å². The molecule has 96 valence electrons. The van der Waals surface area contributed by atoms with Crippen molar-refractivity contribution in [3.8, 4) is 16.9 Å². The van der Waals surface area contributed by atoms with Crippen molar-refractivity contribution in [2.45, 2.75) is 6.10 Å². The fraction of sp³-hybridized carbons (Fsp3) is 0.133. The maximum absolute atomic E-state index is 11.1. The first-order valence-electron chi connectivity index (χ1n) is 6.13. The van der Waals surface area contributed by atoms with Crippen molar-refractivity contribution >= 4 is 11.6 Å². The molecule has 0 fully saturated rings. The van der Waals surface area contributed by atoms with Crippen LogP contribution in [0.15, 0.2) is 48.5 Å². The molecular formula is C15H14N2O2. The summed E-state index contributed by atoms with van der Waals surface area (Å²) in [5, 5.41) is 3.18. The highest BCUT2D eigenvalue weighted by Gasteiger charge is 2.23. The Labute approximate surface area is 111 Å². The van der Waals surface area contributed by atoms with Crippen molar-refractivity contribution < 1.29 is 9.53 Å². The van der Waals surface area contributed by atoms with Crippen molar-refractivity contribution in [2.24, 2.45) is 5.73 Å². The minimum atomic E-state index is -0.602. The summed E-state index contributed by atoms with van der Waals surface area (Å²) >= 11 is 0. The Morgan fingerprint density at radius 2 is 1.95 bits per heavy atom. The standard InChI is InChI=1S/C15H14N2O2/c16-15(18)14-9-17-12-8-11(6-7-13(12)19-14)10-4-2-1-3-5-10/h1-8,14,17H,9H2,(H2,16,18). The zero-order chi connectivity index (χ0) is 13.2. The van der Waals surface area contributed by atoms with Crippen molar-refractivity contribution in [2.75, 3.05) is 11.9 Å². The Bertz CT molecular complexity index is 611. The van der Waals surface area contributed by atoms with E-state index in [1.165, 1.54) is 0 Å². The van der Waals surface area contributed by atoms with E-state index in [0.717, 1.165) is 16.8 Å². The van der Waals surface area contributed by atoms with Gasteiger partial charge in [0, 0.05) is 0 Å². The molecule has 0 spiro atoms. The lowest BCUT2D eigenvalue weighted by atomic mass is 10.0. The molecule has 0 radical (unpaired) electrons. The van der Waals surface area contributed by atoms with E-state index < -0.39 is 12.0 Å². The van der Waals surface area contributed by atoms with Gasteiger partial charge in [-0.3, -0.25) is 4.79 Å². The average molecular weight is 254 g/mol. The van der Waals surface area contributed by atoms with Crippen molar-refractivity contribution in [3.05, 3.63) is 48.5 Å². The molecule has 1 aliphatic rings. The van der Waals surface area contributed by atoms with Crippen molar-refractivity contribution in [3.63, 3.8) is 0 Å². The third kappa shape index (κ3) is 2.25. The molecule has 1 aliphatic heterocycles. The largest absolute Gasteiger partial charge is 0.477 e. The Morgan fingerprint density at radius 1 is 1.16 bits per heavy atom. The van der Waals surface area contributed by atoms with Gasteiger partial charge in [-0.15, -0.1) is 0 Å². The molecule has 0 aromatic heterocycles. The number of benzene rings is 2. The molecule has 1 heterocycles. The lowest BCUT2D eigenvalue weighted by Gasteiger charge is -2.25. The summed E-state index contributed by atoms with van der Waals surface area (Å²) in [5.74, 6) is 0.208. The lowest BCUT2D eigenvalue weighted by Crippen LogP contribution is -2.41. The van der Waals surface area contributed by atoms with Crippen LogP contribution in [0.1, 0.15) is 0 Å². The van der Waals surface area contributed by atoms with Crippen LogP contribution in [-0.2, 0) is 4.79 Å². The Balaban J connectivity index is 1.92. The van der Waals surface area contributed by atoms with Gasteiger partial charge < -0.3 is 15.8 Å². The molecule has 2 aromatic carbocycles. The molecule has 3 rings (SSSR count). The summed E-state index contributed by atoms with van der Waals surface area (Å²) in [6, 6.07) is 15.9. The number of hydrogen-bond donors (Lipinski definition) is 2. The molecule has 1 amide bonds. The molecule has 2 aromatic rings. The summed E-state index contributed by atoms with van der Waals surface area (Å²) in [4.78, 5) is 11.1. The minimum Gasteiger partial charge on any atom is -0.477 e. The maximum Gasteiger partial charge on any atom is 0.260 e. The van der Waals surface area contributed by atoms with E-state index in [1.807, 2.05) is 36.4 Å². The number of nitrogens with one attached hydrogen (secondary N) is 1. The second-order valence-corrected chi connectivity index (χ2v) is 4.47. The van der Waals surface area contributed by atoms with Crippen LogP contribution in [0, 0.1) is 0 Å². The summed E-state index contributed by atoms with van der Waals surface area (Å²) in [5.41, 5.74) is 8.38. The highest BCUT2D eigenvalue weighted by Crippen LogP contribution is 2.33. The number of primary amides is 1. The molecule has 3 N–H and O–H groups in total. The van der Waals surface area contributed by atoms with Crippen LogP contribution in [0.4, 0.5) is 5.69 Å². The zero-order valence-electron chi connectivity index (χ0n) is 10.3. The summed E-state index contributed by atoms with van der Waals surface area (Å²) in [7, 11) is 0. The van der Waals surface area contributed by atoms with Gasteiger partial charge in [-0.2, -0.15) is 0 Å². The minimum absolute atomic E-state index is 0.403. The van der Waals surface area contributed by atoms with Crippen LogP contribution in [0.2, 0.25) is 0 Å². The van der Waals surface area contributed by atoms with Gasteiger partial charge in [-0.25, -0.2) is 0 Å². The van der Waals surface area contributed by atoms with E-state index in [1.54, 1.807) is 0 Å². The number of anilines is 1. The molecule has 0 saturated heterocycles. The topological polar surface area (TPSA) is 64.4 Å². The molecule has 0 aliphatic carbocycles. The second-order valence-electron chi connectivity index (χ2n) is 4.47. The van der Waals surface area contributed by atoms with Gasteiger partial charge in [0.1, 0.15) is 5.75 Å². The zero-order valence-corrected chi connectivity index (χ0v) is 10.3. The van der Waals surface area contributed by atoms with E-state index in [4.69, 9.17) is 10.5 Å². The number of amides is 1. The van der Waals surface area contributed by atoms with Crippen molar-refractivity contribution in [1.82, 2.24) is 0 Å². The molecule has 19 heavy (non-hydrogen) atoms. The van der Waals surface area contributed by atoms with Gasteiger partial charge >= 0.3 is 0 Å². The Hall–Kier alpha value is -2.49. The smallest absolute Gasteiger partial charge is 0.260 e. The highest BCUT2D eigenvalue weighted by atomic mass is 16.5. The summed E-state index contributed by atoms with van der Waals surface area (Å²) in [6.07, 6.45) is -0.602. The van der Waals surface area contributed by atoms with E-state index >= 15 is 0 Å². The van der Waals surface area contributed by atoms with Gasteiger partial charge in [-0.1, -0.05) is 36.4 Å². The van der Waals surface area contributed by atoms with Gasteiger partial charge in [0.15, 0.2) is 6.10 Å². The normalized spacial score (nSPS) is 16.9. The molecule has 1 atom stereocenters. The van der Waals surface area contributed by atoms with Gasteiger partial charge in [-0.05, 0) is 23.3 Å². The molecule has 4 nitrogen and oxygen atoms in total. The van der Waals surface area contributed by atoms with Crippen LogP contribution in [0.3, 0.4) is 0 Å². The number of rotatable bonds is 2. The van der Waals surface area contributed by atoms with Crippen LogP contribution < -0.4 is 15.8 Å². The Morgan fingerprint density at radius 3 is 2.68 bits per heavy atom. The fourth-order valence-corrected chi connectivity index (χ4v) is 2.14. The van der Waals surface area contributed by atoms with Crippen LogP contribution in [-0.4, -0.2) is 18.6 Å². The molecule has 4 heteroatoms. The quantitative estimate of drug-likeness (QED) is 0.861. The first kappa shape index (κ1) is 11.6. The van der Waals surface area contributed by atoms with Crippen molar-refractivity contribution in [1.29, 1.82) is 0 Å². The first-order chi connectivity index (χ1) is 9.24. The van der Waals surface area contributed by atoms with E-state index in [2.05, 4.69) is 17.4 Å². The number of ether oxygens (including phenoxy) is 1. The van der Waals surface area contributed by atoms with Crippen LogP contribution in [0.25, 0.3) is 11.1 Å². The highest BCUT2D eigenvalue weighted by molar-refractivity contribution is 5.82. The van der Waals surface area contributed by atoms with E-state index in [-0.39, 0.29) is 0 Å². The third-order valence-corrected chi connectivity index (χ3v) is 3.15. The SMILES string of the molecule is NC(=O)C1CNc2cc(-c3ccccc3)ccc2O1. The number of hydrogen-bond acceptors (Lipinski definition) is 3. The summed E-state index contributed by atoms with van der Waals surface area (Å²) in [6.45, 7) is 0.403. The number of fused-ring (bicyclic) bond motifs is 1. The van der Waals surface area contributed by atoms with Gasteiger partial charge in [0.05, 0.1) is 12.2 Å². The second kappa shape index (κ2) is 4.65. The lowest BCUT2D eigenvalue weighted by molar-refractivity contribution is -0.124. The monoisotopic (exact) mass is 254 g/mol. The van der Waals surface area contributed by atoms with E-state index in [0.29, 0.717) is 12.3 Å². The Kier molecular flexibility index (Phi) is 2.83.